The van der Waals surface area contributed by atoms with Gasteiger partial charge in [-0.15, -0.1) is 0 Å². The topological polar surface area (TPSA) is 26.0 Å². The molecule has 0 amide bonds. The summed E-state index contributed by atoms with van der Waals surface area (Å²) in [5, 5.41) is 0.691. The second-order valence-corrected chi connectivity index (χ2v) is 5.89. The molecule has 0 aliphatic rings. The molecule has 0 fully saturated rings. The van der Waals surface area contributed by atoms with Gasteiger partial charge in [-0.25, -0.2) is 0 Å². The number of aryl methyl sites for hydroxylation is 2. The second-order valence-electron chi connectivity index (χ2n) is 4.56. The third-order valence-electron chi connectivity index (χ3n) is 2.90. The minimum Gasteiger partial charge on any atom is -0.320 e. The maximum absolute atomic E-state index is 6.31. The summed E-state index contributed by atoms with van der Waals surface area (Å²) in [4.78, 5) is 0. The molecule has 2 rings (SSSR count). The maximum atomic E-state index is 6.31. The zero-order valence-electron chi connectivity index (χ0n) is 10.4. The lowest BCUT2D eigenvalue weighted by Crippen LogP contribution is -2.12. The van der Waals surface area contributed by atoms with E-state index in [1.807, 2.05) is 18.2 Å². The van der Waals surface area contributed by atoms with Gasteiger partial charge in [0, 0.05) is 9.50 Å². The van der Waals surface area contributed by atoms with Crippen LogP contribution in [0.15, 0.2) is 40.9 Å². The summed E-state index contributed by atoms with van der Waals surface area (Å²) >= 11 is 9.64. The fourth-order valence-corrected chi connectivity index (χ4v) is 2.91. The first-order valence-corrected chi connectivity index (χ1v) is 6.93. The van der Waals surface area contributed by atoms with E-state index in [-0.39, 0.29) is 6.04 Å². The highest BCUT2D eigenvalue weighted by Crippen LogP contribution is 2.29. The van der Waals surface area contributed by atoms with Crippen molar-refractivity contribution in [1.29, 1.82) is 0 Å². The summed E-state index contributed by atoms with van der Waals surface area (Å²) in [6, 6.07) is 12.0. The third-order valence-corrected chi connectivity index (χ3v) is 3.72. The van der Waals surface area contributed by atoms with Crippen molar-refractivity contribution in [3.05, 3.63) is 68.1 Å². The maximum Gasteiger partial charge on any atom is 0.0566 e. The van der Waals surface area contributed by atoms with Crippen molar-refractivity contribution in [1.82, 2.24) is 0 Å². The average molecular weight is 325 g/mol. The van der Waals surface area contributed by atoms with Gasteiger partial charge < -0.3 is 5.73 Å². The summed E-state index contributed by atoms with van der Waals surface area (Å²) in [6.07, 6.45) is 0. The first-order chi connectivity index (χ1) is 8.47. The van der Waals surface area contributed by atoms with Gasteiger partial charge in [0.15, 0.2) is 0 Å². The van der Waals surface area contributed by atoms with E-state index in [9.17, 15) is 0 Å². The second kappa shape index (κ2) is 5.43. The van der Waals surface area contributed by atoms with E-state index in [1.165, 1.54) is 11.1 Å². The van der Waals surface area contributed by atoms with E-state index in [1.54, 1.807) is 0 Å². The normalized spacial score (nSPS) is 12.5. The van der Waals surface area contributed by atoms with Crippen molar-refractivity contribution < 1.29 is 0 Å². The van der Waals surface area contributed by atoms with Gasteiger partial charge in [0.25, 0.3) is 0 Å². The van der Waals surface area contributed by atoms with Crippen molar-refractivity contribution in [2.75, 3.05) is 0 Å². The predicted molar refractivity (Wildman–Crippen MR) is 81.1 cm³/mol. The predicted octanol–water partition coefficient (Wildman–Crippen LogP) is 4.77. The Labute approximate surface area is 121 Å². The van der Waals surface area contributed by atoms with E-state index in [4.69, 9.17) is 17.3 Å². The number of halogens is 2. The molecule has 0 aliphatic heterocycles. The molecule has 0 heterocycles. The Morgan fingerprint density at radius 2 is 1.67 bits per heavy atom. The SMILES string of the molecule is Cc1cc(C)cc(C(N)c2ccc(Br)cc2Cl)c1. The molecule has 1 unspecified atom stereocenters. The minimum atomic E-state index is -0.191. The van der Waals surface area contributed by atoms with Crippen LogP contribution >= 0.6 is 27.5 Å². The summed E-state index contributed by atoms with van der Waals surface area (Å²) in [5.74, 6) is 0. The van der Waals surface area contributed by atoms with Crippen molar-refractivity contribution >= 4 is 27.5 Å². The standard InChI is InChI=1S/C15H15BrClN/c1-9-5-10(2)7-11(6-9)15(18)13-4-3-12(16)8-14(13)17/h3-8,15H,18H2,1-2H3. The Kier molecular flexibility index (Phi) is 4.10. The molecule has 2 aromatic rings. The van der Waals surface area contributed by atoms with Gasteiger partial charge in [0.1, 0.15) is 0 Å². The molecule has 0 spiro atoms. The summed E-state index contributed by atoms with van der Waals surface area (Å²) in [7, 11) is 0. The fourth-order valence-electron chi connectivity index (χ4n) is 2.12. The molecule has 1 nitrogen and oxygen atoms in total. The number of benzene rings is 2. The van der Waals surface area contributed by atoms with Crippen LogP contribution < -0.4 is 5.73 Å². The number of hydrogen-bond acceptors (Lipinski definition) is 1. The molecule has 2 aromatic carbocycles. The quantitative estimate of drug-likeness (QED) is 0.846. The Hall–Kier alpha value is -0.830. The lowest BCUT2D eigenvalue weighted by molar-refractivity contribution is 0.867. The largest absolute Gasteiger partial charge is 0.320 e. The van der Waals surface area contributed by atoms with Crippen molar-refractivity contribution in [2.24, 2.45) is 5.73 Å². The molecule has 0 saturated carbocycles. The first kappa shape index (κ1) is 13.6. The summed E-state index contributed by atoms with van der Waals surface area (Å²) in [6.45, 7) is 4.15. The smallest absolute Gasteiger partial charge is 0.0566 e. The lowest BCUT2D eigenvalue weighted by atomic mass is 9.96. The van der Waals surface area contributed by atoms with Crippen LogP contribution in [0, 0.1) is 13.8 Å². The van der Waals surface area contributed by atoms with Gasteiger partial charge in [0.05, 0.1) is 6.04 Å². The molecule has 0 bridgehead atoms. The highest BCUT2D eigenvalue weighted by molar-refractivity contribution is 9.10. The Bertz CT molecular complexity index is 560. The van der Waals surface area contributed by atoms with Gasteiger partial charge in [-0.1, -0.05) is 62.9 Å². The zero-order chi connectivity index (χ0) is 13.3. The Balaban J connectivity index is 2.44. The van der Waals surface area contributed by atoms with Crippen LogP contribution in [0.25, 0.3) is 0 Å². The van der Waals surface area contributed by atoms with Crippen LogP contribution in [0.2, 0.25) is 5.02 Å². The van der Waals surface area contributed by atoms with Gasteiger partial charge in [0.2, 0.25) is 0 Å². The molecule has 0 aliphatic carbocycles. The van der Waals surface area contributed by atoms with Crippen LogP contribution in [-0.2, 0) is 0 Å². The van der Waals surface area contributed by atoms with Gasteiger partial charge in [-0.05, 0) is 37.1 Å². The number of hydrogen-bond donors (Lipinski definition) is 1. The van der Waals surface area contributed by atoms with Crippen molar-refractivity contribution in [3.8, 4) is 0 Å². The van der Waals surface area contributed by atoms with E-state index < -0.39 is 0 Å². The van der Waals surface area contributed by atoms with Crippen molar-refractivity contribution in [3.63, 3.8) is 0 Å². The van der Waals surface area contributed by atoms with Crippen LogP contribution in [0.4, 0.5) is 0 Å². The molecular formula is C15H15BrClN. The molecule has 2 N–H and O–H groups in total. The summed E-state index contributed by atoms with van der Waals surface area (Å²) in [5.41, 5.74) is 10.8. The highest BCUT2D eigenvalue weighted by atomic mass is 79.9. The molecule has 0 aromatic heterocycles. The van der Waals surface area contributed by atoms with Crippen molar-refractivity contribution in [2.45, 2.75) is 19.9 Å². The van der Waals surface area contributed by atoms with E-state index >= 15 is 0 Å². The molecule has 0 radical (unpaired) electrons. The van der Waals surface area contributed by atoms with E-state index in [2.05, 4.69) is 48.0 Å². The molecule has 3 heteroatoms. The highest BCUT2D eigenvalue weighted by Gasteiger charge is 2.13. The van der Waals surface area contributed by atoms with Crippen LogP contribution in [-0.4, -0.2) is 0 Å². The molecule has 1 atom stereocenters. The zero-order valence-corrected chi connectivity index (χ0v) is 12.7. The fraction of sp³-hybridized carbons (Fsp3) is 0.200. The van der Waals surface area contributed by atoms with Crippen LogP contribution in [0.5, 0.6) is 0 Å². The molecule has 0 saturated heterocycles. The number of nitrogens with two attached hydrogens (primary N) is 1. The summed E-state index contributed by atoms with van der Waals surface area (Å²) < 4.78 is 0.962. The molecule has 18 heavy (non-hydrogen) atoms. The van der Waals surface area contributed by atoms with Gasteiger partial charge in [-0.3, -0.25) is 0 Å². The Morgan fingerprint density at radius 1 is 1.06 bits per heavy atom. The molecular weight excluding hydrogens is 310 g/mol. The van der Waals surface area contributed by atoms with Gasteiger partial charge in [-0.2, -0.15) is 0 Å². The van der Waals surface area contributed by atoms with E-state index in [0.717, 1.165) is 15.6 Å². The Morgan fingerprint density at radius 3 is 2.22 bits per heavy atom. The van der Waals surface area contributed by atoms with Crippen LogP contribution in [0.1, 0.15) is 28.3 Å². The number of rotatable bonds is 2. The first-order valence-electron chi connectivity index (χ1n) is 5.76. The third kappa shape index (κ3) is 2.94. The molecule has 94 valence electrons. The monoisotopic (exact) mass is 323 g/mol. The van der Waals surface area contributed by atoms with Crippen LogP contribution in [0.3, 0.4) is 0 Å². The van der Waals surface area contributed by atoms with E-state index in [0.29, 0.717) is 5.02 Å². The lowest BCUT2D eigenvalue weighted by Gasteiger charge is -2.16. The average Bonchev–Trinajstić information content (AvgIpc) is 2.26. The minimum absolute atomic E-state index is 0.191. The van der Waals surface area contributed by atoms with Gasteiger partial charge >= 0.3 is 0 Å².